The normalized spacial score (nSPS) is 14.4. The van der Waals surface area contributed by atoms with Crippen LogP contribution in [0.15, 0.2) is 71.3 Å². The van der Waals surface area contributed by atoms with Crippen molar-refractivity contribution in [3.63, 3.8) is 0 Å². The number of carbonyl (C=O) groups is 1. The summed E-state index contributed by atoms with van der Waals surface area (Å²) in [4.78, 5) is 21.1. The second-order valence-electron chi connectivity index (χ2n) is 9.12. The molecule has 0 radical (unpaired) electrons. The maximum atomic E-state index is 13.7. The monoisotopic (exact) mass is 540 g/mol. The number of hydrogen-bond acceptors (Lipinski definition) is 6. The first-order chi connectivity index (χ1) is 18.7. The number of amides is 1. The van der Waals surface area contributed by atoms with E-state index in [1.807, 2.05) is 24.3 Å². The Morgan fingerprint density at radius 1 is 0.974 bits per heavy atom. The van der Waals surface area contributed by atoms with E-state index in [2.05, 4.69) is 15.0 Å². The van der Waals surface area contributed by atoms with Gasteiger partial charge in [-0.15, -0.1) is 0 Å². The quantitative estimate of drug-likeness (QED) is 0.300. The maximum Gasteiger partial charge on any atom is 0.416 e. The molecule has 202 valence electrons. The van der Waals surface area contributed by atoms with Gasteiger partial charge in [0.2, 0.25) is 5.82 Å². The van der Waals surface area contributed by atoms with Gasteiger partial charge in [0.1, 0.15) is 0 Å². The lowest BCUT2D eigenvalue weighted by Gasteiger charge is -2.34. The zero-order valence-electron chi connectivity index (χ0n) is 20.9. The highest BCUT2D eigenvalue weighted by atomic mass is 19.4. The van der Waals surface area contributed by atoms with Crippen molar-refractivity contribution in [1.82, 2.24) is 19.9 Å². The summed E-state index contributed by atoms with van der Waals surface area (Å²) in [6.45, 7) is 3.11. The van der Waals surface area contributed by atoms with Crippen LogP contribution >= 0.6 is 0 Å². The van der Waals surface area contributed by atoms with Gasteiger partial charge in [-0.25, -0.2) is 4.39 Å². The van der Waals surface area contributed by atoms with Gasteiger partial charge in [-0.05, 0) is 42.0 Å². The number of halogens is 4. The first kappa shape index (κ1) is 26.4. The van der Waals surface area contributed by atoms with Crippen molar-refractivity contribution in [2.24, 2.45) is 0 Å². The molecule has 0 saturated carbocycles. The standard InChI is InChI=1S/C28H24F4N4O3/c1-38-24-16-21(9-10-23(24)29)27(37)36-13-11-35(12-14-36)17-18-5-7-19(8-6-18)25-33-26(39-34-25)20-3-2-4-22(15-20)28(30,31)32/h2-10,15-16H,11-14,17H2,1H3. The third kappa shape index (κ3) is 5.93. The zero-order valence-corrected chi connectivity index (χ0v) is 20.9. The lowest BCUT2D eigenvalue weighted by molar-refractivity contribution is -0.137. The maximum absolute atomic E-state index is 13.7. The van der Waals surface area contributed by atoms with Crippen LogP contribution in [0.3, 0.4) is 0 Å². The molecule has 39 heavy (non-hydrogen) atoms. The van der Waals surface area contributed by atoms with Crippen LogP contribution in [0, 0.1) is 5.82 Å². The Labute approximate surface area is 221 Å². The van der Waals surface area contributed by atoms with Gasteiger partial charge in [0.05, 0.1) is 12.7 Å². The first-order valence-corrected chi connectivity index (χ1v) is 12.2. The van der Waals surface area contributed by atoms with E-state index in [9.17, 15) is 22.4 Å². The van der Waals surface area contributed by atoms with Crippen LogP contribution in [0.25, 0.3) is 22.8 Å². The van der Waals surface area contributed by atoms with Crippen LogP contribution in [0.5, 0.6) is 5.75 Å². The van der Waals surface area contributed by atoms with Crippen molar-refractivity contribution in [3.05, 3.63) is 89.2 Å². The molecule has 3 aromatic carbocycles. The summed E-state index contributed by atoms with van der Waals surface area (Å²) in [5, 5.41) is 3.92. The number of alkyl halides is 3. The Balaban J connectivity index is 1.18. The van der Waals surface area contributed by atoms with Crippen LogP contribution in [-0.2, 0) is 12.7 Å². The Bertz CT molecular complexity index is 1460. The van der Waals surface area contributed by atoms with Gasteiger partial charge >= 0.3 is 6.18 Å². The average molecular weight is 541 g/mol. The van der Waals surface area contributed by atoms with Gasteiger partial charge in [0.15, 0.2) is 11.6 Å². The zero-order chi connectivity index (χ0) is 27.6. The third-order valence-electron chi connectivity index (χ3n) is 6.54. The van der Waals surface area contributed by atoms with E-state index in [1.54, 1.807) is 4.90 Å². The SMILES string of the molecule is COc1cc(C(=O)N2CCN(Cc3ccc(-c4noc(-c5cccc(C(F)(F)F)c5)n4)cc3)CC2)ccc1F. The molecule has 1 saturated heterocycles. The molecule has 1 aromatic heterocycles. The van der Waals surface area contributed by atoms with Crippen LogP contribution in [0.2, 0.25) is 0 Å². The molecule has 0 aliphatic carbocycles. The molecule has 0 N–H and O–H groups in total. The molecule has 1 amide bonds. The van der Waals surface area contributed by atoms with Gasteiger partial charge in [-0.3, -0.25) is 9.69 Å². The van der Waals surface area contributed by atoms with Crippen molar-refractivity contribution in [2.75, 3.05) is 33.3 Å². The van der Waals surface area contributed by atoms with E-state index >= 15 is 0 Å². The minimum absolute atomic E-state index is 0.00618. The molecule has 11 heteroatoms. The molecule has 7 nitrogen and oxygen atoms in total. The molecule has 1 aliphatic heterocycles. The number of carbonyl (C=O) groups excluding carboxylic acids is 1. The second kappa shape index (κ2) is 10.9. The number of piperazine rings is 1. The molecule has 5 rings (SSSR count). The number of ether oxygens (including phenoxy) is 1. The van der Waals surface area contributed by atoms with E-state index in [0.717, 1.165) is 17.7 Å². The van der Waals surface area contributed by atoms with E-state index < -0.39 is 17.6 Å². The lowest BCUT2D eigenvalue weighted by atomic mass is 10.1. The van der Waals surface area contributed by atoms with Gasteiger partial charge in [0.25, 0.3) is 11.8 Å². The molecule has 0 atom stereocenters. The van der Waals surface area contributed by atoms with Gasteiger partial charge in [0, 0.05) is 49.4 Å². The fourth-order valence-corrected chi connectivity index (χ4v) is 4.39. The highest BCUT2D eigenvalue weighted by Gasteiger charge is 2.31. The molecular weight excluding hydrogens is 516 g/mol. The highest BCUT2D eigenvalue weighted by molar-refractivity contribution is 5.94. The minimum Gasteiger partial charge on any atom is -0.494 e. The van der Waals surface area contributed by atoms with Gasteiger partial charge in [-0.2, -0.15) is 18.2 Å². The summed E-state index contributed by atoms with van der Waals surface area (Å²) in [6.07, 6.45) is -4.46. The van der Waals surface area contributed by atoms with Crippen LogP contribution in [0.1, 0.15) is 21.5 Å². The number of aromatic nitrogens is 2. The van der Waals surface area contributed by atoms with Crippen molar-refractivity contribution in [1.29, 1.82) is 0 Å². The highest BCUT2D eigenvalue weighted by Crippen LogP contribution is 2.32. The number of nitrogens with zero attached hydrogens (tertiary/aromatic N) is 4. The van der Waals surface area contributed by atoms with Crippen LogP contribution in [0.4, 0.5) is 17.6 Å². The summed E-state index contributed by atoms with van der Waals surface area (Å²) < 4.78 is 62.9. The summed E-state index contributed by atoms with van der Waals surface area (Å²) in [5.74, 6) is -0.358. The Kier molecular flexibility index (Phi) is 7.34. The van der Waals surface area contributed by atoms with Gasteiger partial charge < -0.3 is 14.2 Å². The van der Waals surface area contributed by atoms with Crippen molar-refractivity contribution in [3.8, 4) is 28.6 Å². The first-order valence-electron chi connectivity index (χ1n) is 12.2. The van der Waals surface area contributed by atoms with Gasteiger partial charge in [-0.1, -0.05) is 35.5 Å². The molecule has 0 bridgehead atoms. The number of hydrogen-bond donors (Lipinski definition) is 0. The molecule has 1 aliphatic rings. The van der Waals surface area contributed by atoms with Crippen LogP contribution in [-0.4, -0.2) is 59.1 Å². The smallest absolute Gasteiger partial charge is 0.416 e. The third-order valence-corrected chi connectivity index (χ3v) is 6.54. The number of methoxy groups -OCH3 is 1. The van der Waals surface area contributed by atoms with E-state index in [0.29, 0.717) is 43.9 Å². The minimum atomic E-state index is -4.46. The molecule has 2 heterocycles. The van der Waals surface area contributed by atoms with E-state index in [4.69, 9.17) is 9.26 Å². The average Bonchev–Trinajstić information content (AvgIpc) is 3.44. The van der Waals surface area contributed by atoms with E-state index in [1.165, 1.54) is 37.4 Å². The molecule has 1 fully saturated rings. The van der Waals surface area contributed by atoms with Crippen LogP contribution < -0.4 is 4.74 Å². The largest absolute Gasteiger partial charge is 0.494 e. The predicted molar refractivity (Wildman–Crippen MR) is 134 cm³/mol. The summed E-state index contributed by atoms with van der Waals surface area (Å²) in [6, 6.07) is 16.4. The molecular formula is C28H24F4N4O3. The van der Waals surface area contributed by atoms with Crippen molar-refractivity contribution in [2.45, 2.75) is 12.7 Å². The molecule has 0 unspecified atom stereocenters. The molecule has 0 spiro atoms. The predicted octanol–water partition coefficient (Wildman–Crippen LogP) is 5.53. The van der Waals surface area contributed by atoms with Crippen molar-refractivity contribution >= 4 is 5.91 Å². The Hall–Kier alpha value is -4.25. The number of benzene rings is 3. The second-order valence-corrected chi connectivity index (χ2v) is 9.12. The Morgan fingerprint density at radius 3 is 2.41 bits per heavy atom. The van der Waals surface area contributed by atoms with E-state index in [-0.39, 0.29) is 28.9 Å². The summed E-state index contributed by atoms with van der Waals surface area (Å²) >= 11 is 0. The summed E-state index contributed by atoms with van der Waals surface area (Å²) in [7, 11) is 1.36. The lowest BCUT2D eigenvalue weighted by Crippen LogP contribution is -2.48. The fourth-order valence-electron chi connectivity index (χ4n) is 4.39. The topological polar surface area (TPSA) is 71.7 Å². The Morgan fingerprint density at radius 2 is 1.72 bits per heavy atom. The van der Waals surface area contributed by atoms with Crippen molar-refractivity contribution < 1.29 is 31.6 Å². The number of rotatable bonds is 6. The molecule has 4 aromatic rings. The fraction of sp³-hybridized carbons (Fsp3) is 0.250. The summed E-state index contributed by atoms with van der Waals surface area (Å²) in [5.41, 5.74) is 1.51.